The summed E-state index contributed by atoms with van der Waals surface area (Å²) < 4.78 is 5.34. The van der Waals surface area contributed by atoms with Crippen molar-refractivity contribution >= 4 is 5.91 Å². The van der Waals surface area contributed by atoms with Gasteiger partial charge in [0.2, 0.25) is 5.91 Å². The zero-order valence-corrected chi connectivity index (χ0v) is 18.6. The second kappa shape index (κ2) is 8.84. The Hall–Kier alpha value is -3.28. The number of carbonyl (C=O) groups is 1. The first-order valence-electron chi connectivity index (χ1n) is 10.7. The molecule has 0 radical (unpaired) electrons. The second-order valence-corrected chi connectivity index (χ2v) is 8.13. The van der Waals surface area contributed by atoms with Crippen LogP contribution in [0.15, 0.2) is 42.9 Å². The van der Waals surface area contributed by atoms with E-state index in [-0.39, 0.29) is 11.9 Å². The fourth-order valence-electron chi connectivity index (χ4n) is 4.40. The van der Waals surface area contributed by atoms with Crippen molar-refractivity contribution in [3.05, 3.63) is 71.1 Å². The zero-order valence-electron chi connectivity index (χ0n) is 18.6. The van der Waals surface area contributed by atoms with E-state index in [1.165, 1.54) is 0 Å². The van der Waals surface area contributed by atoms with Gasteiger partial charge >= 0.3 is 0 Å². The number of amides is 1. The van der Waals surface area contributed by atoms with E-state index in [1.54, 1.807) is 13.3 Å². The lowest BCUT2D eigenvalue weighted by Gasteiger charge is -2.26. The molecule has 0 saturated carbocycles. The van der Waals surface area contributed by atoms with Crippen molar-refractivity contribution in [2.24, 2.45) is 0 Å². The van der Waals surface area contributed by atoms with Crippen LogP contribution in [0.5, 0.6) is 5.75 Å². The van der Waals surface area contributed by atoms with Crippen LogP contribution in [0.4, 0.5) is 0 Å². The summed E-state index contributed by atoms with van der Waals surface area (Å²) in [4.78, 5) is 28.8. The van der Waals surface area contributed by atoms with Gasteiger partial charge < -0.3 is 9.64 Å². The van der Waals surface area contributed by atoms with Crippen molar-refractivity contribution < 1.29 is 9.53 Å². The fraction of sp³-hybridized carbons (Fsp3) is 0.360. The molecule has 0 unspecified atom stereocenters. The molecule has 1 atom stereocenters. The normalized spacial score (nSPS) is 15.9. The van der Waals surface area contributed by atoms with Gasteiger partial charge in [0, 0.05) is 30.7 Å². The summed E-state index contributed by atoms with van der Waals surface area (Å²) in [5, 5.41) is 0. The fourth-order valence-corrected chi connectivity index (χ4v) is 4.40. The Labute approximate surface area is 183 Å². The van der Waals surface area contributed by atoms with E-state index in [1.807, 2.05) is 62.3 Å². The number of aromatic nitrogens is 3. The van der Waals surface area contributed by atoms with Crippen molar-refractivity contribution in [2.75, 3.05) is 13.7 Å². The molecule has 1 aromatic carbocycles. The highest BCUT2D eigenvalue weighted by molar-refractivity contribution is 5.80. The van der Waals surface area contributed by atoms with Gasteiger partial charge in [-0.05, 0) is 68.0 Å². The third-order valence-electron chi connectivity index (χ3n) is 5.95. The topological polar surface area (TPSA) is 68.2 Å². The smallest absolute Gasteiger partial charge is 0.227 e. The molecule has 0 N–H and O–H groups in total. The molecule has 160 valence electrons. The van der Waals surface area contributed by atoms with Gasteiger partial charge in [0.1, 0.15) is 11.6 Å². The molecule has 0 spiro atoms. The van der Waals surface area contributed by atoms with Crippen molar-refractivity contribution in [3.63, 3.8) is 0 Å². The van der Waals surface area contributed by atoms with Gasteiger partial charge in [-0.25, -0.2) is 9.97 Å². The number of benzene rings is 1. The third kappa shape index (κ3) is 4.29. The lowest BCUT2D eigenvalue weighted by molar-refractivity contribution is -0.131. The van der Waals surface area contributed by atoms with Crippen molar-refractivity contribution in [1.29, 1.82) is 0 Å². The van der Waals surface area contributed by atoms with E-state index in [4.69, 9.17) is 9.72 Å². The highest BCUT2D eigenvalue weighted by Crippen LogP contribution is 2.37. The molecule has 1 aliphatic heterocycles. The van der Waals surface area contributed by atoms with E-state index >= 15 is 0 Å². The zero-order chi connectivity index (χ0) is 22.0. The van der Waals surface area contributed by atoms with Gasteiger partial charge in [0.05, 0.1) is 25.3 Å². The van der Waals surface area contributed by atoms with Crippen LogP contribution in [-0.4, -0.2) is 39.4 Å². The minimum absolute atomic E-state index is 0.0453. The monoisotopic (exact) mass is 416 g/mol. The molecule has 3 heterocycles. The molecular formula is C25H28N4O2. The molecule has 1 fully saturated rings. The Morgan fingerprint density at radius 2 is 1.97 bits per heavy atom. The first kappa shape index (κ1) is 21.0. The average molecular weight is 417 g/mol. The van der Waals surface area contributed by atoms with Crippen LogP contribution in [-0.2, 0) is 11.2 Å². The summed E-state index contributed by atoms with van der Waals surface area (Å²) in [7, 11) is 1.66. The largest absolute Gasteiger partial charge is 0.496 e. The Bertz CT molecular complexity index is 1110. The summed E-state index contributed by atoms with van der Waals surface area (Å²) in [6.45, 7) is 6.68. The van der Waals surface area contributed by atoms with Gasteiger partial charge in [-0.2, -0.15) is 0 Å². The maximum Gasteiger partial charge on any atom is 0.227 e. The number of aryl methyl sites for hydroxylation is 3. The third-order valence-corrected chi connectivity index (χ3v) is 5.95. The molecule has 0 aliphatic carbocycles. The number of rotatable bonds is 5. The molecule has 4 rings (SSSR count). The van der Waals surface area contributed by atoms with Gasteiger partial charge in [-0.1, -0.05) is 12.1 Å². The van der Waals surface area contributed by atoms with Crippen LogP contribution in [0.3, 0.4) is 0 Å². The minimum Gasteiger partial charge on any atom is -0.496 e. The van der Waals surface area contributed by atoms with E-state index in [9.17, 15) is 4.79 Å². The second-order valence-electron chi connectivity index (χ2n) is 8.13. The van der Waals surface area contributed by atoms with Crippen LogP contribution >= 0.6 is 0 Å². The number of hydrogen-bond donors (Lipinski definition) is 0. The molecule has 31 heavy (non-hydrogen) atoms. The predicted molar refractivity (Wildman–Crippen MR) is 120 cm³/mol. The lowest BCUT2D eigenvalue weighted by Crippen LogP contribution is -2.32. The Balaban J connectivity index is 1.64. The van der Waals surface area contributed by atoms with Crippen LogP contribution in [0.2, 0.25) is 0 Å². The van der Waals surface area contributed by atoms with E-state index in [0.717, 1.165) is 64.5 Å². The molecule has 1 saturated heterocycles. The Morgan fingerprint density at radius 1 is 1.13 bits per heavy atom. The van der Waals surface area contributed by atoms with Crippen molar-refractivity contribution in [2.45, 2.75) is 46.1 Å². The quantitative estimate of drug-likeness (QED) is 0.617. The van der Waals surface area contributed by atoms with Gasteiger partial charge in [-0.15, -0.1) is 0 Å². The number of ether oxygens (including phenoxy) is 1. The highest BCUT2D eigenvalue weighted by atomic mass is 16.5. The summed E-state index contributed by atoms with van der Waals surface area (Å²) in [5.41, 5.74) is 6.08. The molecular weight excluding hydrogens is 388 g/mol. The summed E-state index contributed by atoms with van der Waals surface area (Å²) >= 11 is 0. The Morgan fingerprint density at radius 3 is 2.71 bits per heavy atom. The number of nitrogens with zero attached hydrogens (tertiary/aromatic N) is 4. The minimum atomic E-state index is -0.0453. The van der Waals surface area contributed by atoms with Gasteiger partial charge in [-0.3, -0.25) is 9.78 Å². The van der Waals surface area contributed by atoms with Gasteiger partial charge in [0.15, 0.2) is 0 Å². The molecule has 0 bridgehead atoms. The summed E-state index contributed by atoms with van der Waals surface area (Å²) in [5.74, 6) is 1.68. The molecule has 3 aromatic rings. The molecule has 6 nitrogen and oxygen atoms in total. The predicted octanol–water partition coefficient (Wildman–Crippen LogP) is 4.38. The average Bonchev–Trinajstić information content (AvgIpc) is 3.24. The SMILES string of the molecule is COc1ccc(CC(=O)N2CCC[C@H]2c2nc(C)ncc2-c2ccncc2C)cc1C. The van der Waals surface area contributed by atoms with Crippen LogP contribution in [0.1, 0.15) is 47.1 Å². The Kier molecular flexibility index (Phi) is 5.98. The summed E-state index contributed by atoms with van der Waals surface area (Å²) in [6.07, 6.45) is 7.76. The number of likely N-dealkylation sites (tertiary alicyclic amines) is 1. The number of methoxy groups -OCH3 is 1. The van der Waals surface area contributed by atoms with Crippen LogP contribution in [0.25, 0.3) is 11.1 Å². The number of hydrogen-bond acceptors (Lipinski definition) is 5. The lowest BCUT2D eigenvalue weighted by atomic mass is 9.97. The molecule has 6 heteroatoms. The van der Waals surface area contributed by atoms with Gasteiger partial charge in [0.25, 0.3) is 0 Å². The summed E-state index contributed by atoms with van der Waals surface area (Å²) in [6, 6.07) is 7.87. The molecule has 2 aromatic heterocycles. The molecule has 1 amide bonds. The maximum atomic E-state index is 13.3. The first-order chi connectivity index (χ1) is 15.0. The first-order valence-corrected chi connectivity index (χ1v) is 10.7. The van der Waals surface area contributed by atoms with E-state index in [0.29, 0.717) is 6.42 Å². The van der Waals surface area contributed by atoms with Crippen molar-refractivity contribution in [3.8, 4) is 16.9 Å². The van der Waals surface area contributed by atoms with Crippen LogP contribution < -0.4 is 4.74 Å². The number of carbonyl (C=O) groups excluding carboxylic acids is 1. The molecule has 1 aliphatic rings. The van der Waals surface area contributed by atoms with E-state index < -0.39 is 0 Å². The maximum absolute atomic E-state index is 13.3. The number of pyridine rings is 1. The van der Waals surface area contributed by atoms with Crippen LogP contribution in [0, 0.1) is 20.8 Å². The van der Waals surface area contributed by atoms with Crippen molar-refractivity contribution in [1.82, 2.24) is 19.9 Å². The standard InChI is InChI=1S/C25H28N4O2/c1-16-12-19(7-8-23(16)31-4)13-24(30)29-11-5-6-22(29)25-21(15-27-18(3)28-25)20-9-10-26-14-17(20)2/h7-10,12,14-15,22H,5-6,11,13H2,1-4H3/t22-/m0/s1. The highest BCUT2D eigenvalue weighted by Gasteiger charge is 2.33. The van der Waals surface area contributed by atoms with E-state index in [2.05, 4.69) is 9.97 Å².